The van der Waals surface area contributed by atoms with E-state index >= 15 is 0 Å². The number of carbonyl (C=O) groups is 1. The van der Waals surface area contributed by atoms with E-state index in [2.05, 4.69) is 10.3 Å². The highest BCUT2D eigenvalue weighted by molar-refractivity contribution is 6.30. The van der Waals surface area contributed by atoms with Gasteiger partial charge < -0.3 is 9.73 Å². The minimum atomic E-state index is -0.485. The van der Waals surface area contributed by atoms with Crippen LogP contribution in [0.15, 0.2) is 28.7 Å². The van der Waals surface area contributed by atoms with Crippen molar-refractivity contribution in [3.63, 3.8) is 0 Å². The molecule has 1 N–H and O–H groups in total. The number of hydrogen-bond acceptors (Lipinski definition) is 3. The van der Waals surface area contributed by atoms with Crippen molar-refractivity contribution in [1.82, 2.24) is 10.3 Å². The summed E-state index contributed by atoms with van der Waals surface area (Å²) in [5, 5.41) is 3.67. The molecule has 23 heavy (non-hydrogen) atoms. The lowest BCUT2D eigenvalue weighted by atomic mass is 9.78. The van der Waals surface area contributed by atoms with E-state index in [-0.39, 0.29) is 5.91 Å². The maximum atomic E-state index is 12.9. The zero-order chi connectivity index (χ0) is 16.4. The molecule has 0 aliphatic heterocycles. The summed E-state index contributed by atoms with van der Waals surface area (Å²) in [5.74, 6) is 1.37. The van der Waals surface area contributed by atoms with Crippen molar-refractivity contribution < 1.29 is 9.21 Å². The molecule has 4 nitrogen and oxygen atoms in total. The van der Waals surface area contributed by atoms with Crippen molar-refractivity contribution in [3.8, 4) is 0 Å². The molecule has 0 bridgehead atoms. The smallest absolute Gasteiger partial charge is 0.231 e. The third-order valence-corrected chi connectivity index (χ3v) is 4.98. The number of benzene rings is 1. The maximum Gasteiger partial charge on any atom is 0.231 e. The predicted molar refractivity (Wildman–Crippen MR) is 89.4 cm³/mol. The Bertz CT molecular complexity index is 698. The first-order valence-corrected chi connectivity index (χ1v) is 8.36. The van der Waals surface area contributed by atoms with Crippen LogP contribution in [0.25, 0.3) is 0 Å². The Balaban J connectivity index is 1.79. The van der Waals surface area contributed by atoms with Crippen LogP contribution in [-0.4, -0.2) is 10.9 Å². The second-order valence-electron chi connectivity index (χ2n) is 6.23. The maximum absolute atomic E-state index is 12.9. The first-order valence-electron chi connectivity index (χ1n) is 7.98. The van der Waals surface area contributed by atoms with E-state index in [4.69, 9.17) is 16.0 Å². The average Bonchev–Trinajstić information content (AvgIpc) is 3.13. The molecule has 0 spiro atoms. The van der Waals surface area contributed by atoms with Crippen LogP contribution in [0, 0.1) is 13.8 Å². The fourth-order valence-electron chi connectivity index (χ4n) is 3.35. The third-order valence-electron chi connectivity index (χ3n) is 4.74. The second kappa shape index (κ2) is 6.36. The van der Waals surface area contributed by atoms with Gasteiger partial charge in [0.2, 0.25) is 11.8 Å². The molecule has 1 saturated carbocycles. The second-order valence-corrected chi connectivity index (χ2v) is 6.67. The molecule has 1 amide bonds. The van der Waals surface area contributed by atoms with Crippen LogP contribution >= 0.6 is 11.6 Å². The van der Waals surface area contributed by atoms with Gasteiger partial charge in [-0.25, -0.2) is 4.98 Å². The third kappa shape index (κ3) is 3.13. The van der Waals surface area contributed by atoms with Crippen molar-refractivity contribution in [3.05, 3.63) is 52.2 Å². The fourth-order valence-corrected chi connectivity index (χ4v) is 3.54. The Kier molecular flexibility index (Phi) is 4.44. The molecule has 0 atom stereocenters. The molecule has 0 radical (unpaired) electrons. The zero-order valence-electron chi connectivity index (χ0n) is 13.5. The van der Waals surface area contributed by atoms with Crippen molar-refractivity contribution in [2.45, 2.75) is 51.5 Å². The van der Waals surface area contributed by atoms with Gasteiger partial charge in [0.1, 0.15) is 5.76 Å². The Morgan fingerprint density at radius 3 is 2.70 bits per heavy atom. The number of aromatic nitrogens is 1. The summed E-state index contributed by atoms with van der Waals surface area (Å²) in [6.45, 7) is 4.09. The quantitative estimate of drug-likeness (QED) is 0.918. The monoisotopic (exact) mass is 332 g/mol. The van der Waals surface area contributed by atoms with Gasteiger partial charge in [-0.15, -0.1) is 0 Å². The molecular formula is C18H21ClN2O2. The summed E-state index contributed by atoms with van der Waals surface area (Å²) in [6.07, 6.45) is 3.81. The fraction of sp³-hybridized carbons (Fsp3) is 0.444. The van der Waals surface area contributed by atoms with Gasteiger partial charge in [-0.2, -0.15) is 0 Å². The summed E-state index contributed by atoms with van der Waals surface area (Å²) in [7, 11) is 0. The molecule has 2 aromatic rings. The van der Waals surface area contributed by atoms with E-state index in [1.807, 2.05) is 38.1 Å². The number of halogens is 1. The van der Waals surface area contributed by atoms with Crippen molar-refractivity contribution in [1.29, 1.82) is 0 Å². The molecule has 0 unspecified atom stereocenters. The average molecular weight is 333 g/mol. The van der Waals surface area contributed by atoms with Gasteiger partial charge in [-0.05, 0) is 44.4 Å². The number of aryl methyl sites for hydroxylation is 2. The van der Waals surface area contributed by atoms with Gasteiger partial charge in [0.25, 0.3) is 0 Å². The van der Waals surface area contributed by atoms with Crippen LogP contribution in [0.3, 0.4) is 0 Å². The molecule has 1 heterocycles. The Morgan fingerprint density at radius 1 is 1.35 bits per heavy atom. The number of nitrogens with zero attached hydrogens (tertiary/aromatic N) is 1. The van der Waals surface area contributed by atoms with E-state index in [1.54, 1.807) is 0 Å². The Hall–Kier alpha value is -1.81. The van der Waals surface area contributed by atoms with Crippen molar-refractivity contribution in [2.24, 2.45) is 0 Å². The summed E-state index contributed by atoms with van der Waals surface area (Å²) < 4.78 is 5.54. The highest BCUT2D eigenvalue weighted by Crippen LogP contribution is 2.42. The van der Waals surface area contributed by atoms with Crippen LogP contribution in [-0.2, 0) is 16.8 Å². The van der Waals surface area contributed by atoms with Crippen LogP contribution < -0.4 is 5.32 Å². The van der Waals surface area contributed by atoms with Crippen LogP contribution in [0.1, 0.15) is 48.6 Å². The standard InChI is InChI=1S/C18H21ClN2O2/c1-12-13(2)23-16(21-12)11-20-17(22)18(8-3-4-9-18)14-6-5-7-15(19)10-14/h5-7,10H,3-4,8-9,11H2,1-2H3,(H,20,22). The lowest BCUT2D eigenvalue weighted by Gasteiger charge is -2.28. The molecule has 1 aromatic heterocycles. The first kappa shape index (κ1) is 16.1. The van der Waals surface area contributed by atoms with Gasteiger partial charge in [0.15, 0.2) is 0 Å². The van der Waals surface area contributed by atoms with Gasteiger partial charge in [-0.1, -0.05) is 36.6 Å². The van der Waals surface area contributed by atoms with Gasteiger partial charge in [0.05, 0.1) is 17.7 Å². The largest absolute Gasteiger partial charge is 0.444 e. The molecule has 0 saturated heterocycles. The van der Waals surface area contributed by atoms with Crippen LogP contribution in [0.4, 0.5) is 0 Å². The highest BCUT2D eigenvalue weighted by atomic mass is 35.5. The van der Waals surface area contributed by atoms with Crippen LogP contribution in [0.5, 0.6) is 0 Å². The van der Waals surface area contributed by atoms with Crippen molar-refractivity contribution >= 4 is 17.5 Å². The lowest BCUT2D eigenvalue weighted by Crippen LogP contribution is -2.42. The van der Waals surface area contributed by atoms with Gasteiger partial charge in [0, 0.05) is 5.02 Å². The summed E-state index contributed by atoms with van der Waals surface area (Å²) in [5.41, 5.74) is 1.38. The van der Waals surface area contributed by atoms with Crippen LogP contribution in [0.2, 0.25) is 5.02 Å². The minimum Gasteiger partial charge on any atom is -0.444 e. The summed E-state index contributed by atoms with van der Waals surface area (Å²) >= 11 is 6.13. The van der Waals surface area contributed by atoms with Gasteiger partial charge in [-0.3, -0.25) is 4.79 Å². The molecule has 3 rings (SSSR count). The predicted octanol–water partition coefficient (Wildman–Crippen LogP) is 4.07. The number of amides is 1. The molecule has 5 heteroatoms. The lowest BCUT2D eigenvalue weighted by molar-refractivity contribution is -0.126. The van der Waals surface area contributed by atoms with E-state index in [0.29, 0.717) is 17.5 Å². The number of oxazole rings is 1. The molecule has 122 valence electrons. The van der Waals surface area contributed by atoms with E-state index in [0.717, 1.165) is 42.7 Å². The van der Waals surface area contributed by atoms with Gasteiger partial charge >= 0.3 is 0 Å². The first-order chi connectivity index (χ1) is 11.0. The Labute approximate surface area is 141 Å². The normalized spacial score (nSPS) is 16.5. The molecular weight excluding hydrogens is 312 g/mol. The zero-order valence-corrected chi connectivity index (χ0v) is 14.2. The number of hydrogen-bond donors (Lipinski definition) is 1. The topological polar surface area (TPSA) is 55.1 Å². The summed E-state index contributed by atoms with van der Waals surface area (Å²) in [4.78, 5) is 17.2. The molecule has 1 aromatic carbocycles. The molecule has 1 aliphatic carbocycles. The number of rotatable bonds is 4. The van der Waals surface area contributed by atoms with E-state index in [9.17, 15) is 4.79 Å². The molecule has 1 fully saturated rings. The Morgan fingerprint density at radius 2 is 2.09 bits per heavy atom. The number of carbonyl (C=O) groups excluding carboxylic acids is 1. The minimum absolute atomic E-state index is 0.0331. The van der Waals surface area contributed by atoms with E-state index in [1.165, 1.54) is 0 Å². The number of nitrogens with one attached hydrogen (secondary N) is 1. The summed E-state index contributed by atoms with van der Waals surface area (Å²) in [6, 6.07) is 7.65. The molecule has 1 aliphatic rings. The van der Waals surface area contributed by atoms with Crippen molar-refractivity contribution in [2.75, 3.05) is 0 Å². The van der Waals surface area contributed by atoms with E-state index < -0.39 is 5.41 Å². The highest BCUT2D eigenvalue weighted by Gasteiger charge is 2.42. The SMILES string of the molecule is Cc1nc(CNC(=O)C2(c3cccc(Cl)c3)CCCC2)oc1C.